The van der Waals surface area contributed by atoms with Gasteiger partial charge in [-0.1, -0.05) is 12.1 Å². The topological polar surface area (TPSA) is 140 Å². The summed E-state index contributed by atoms with van der Waals surface area (Å²) in [4.78, 5) is 15.6. The molecule has 5 aromatic rings. The number of hydrogen-bond acceptors (Lipinski definition) is 8. The van der Waals surface area contributed by atoms with Gasteiger partial charge in [0.05, 0.1) is 10.6 Å². The second-order valence-electron chi connectivity index (χ2n) is 10.4. The molecule has 6 rings (SSSR count). The van der Waals surface area contributed by atoms with E-state index < -0.39 is 39.5 Å². The predicted molar refractivity (Wildman–Crippen MR) is 152 cm³/mol. The highest BCUT2D eigenvalue weighted by Crippen LogP contribution is 2.46. The number of primary amides is 1. The fourth-order valence-corrected chi connectivity index (χ4v) is 5.65. The Hall–Kier alpha value is -5.25. The third-order valence-corrected chi connectivity index (χ3v) is 8.18. The molecule has 3 aromatic carbocycles. The van der Waals surface area contributed by atoms with E-state index in [2.05, 4.69) is 19.6 Å². The van der Waals surface area contributed by atoms with Gasteiger partial charge in [-0.2, -0.15) is 13.9 Å². The summed E-state index contributed by atoms with van der Waals surface area (Å²) < 4.78 is 112. The number of benzene rings is 3. The lowest BCUT2D eigenvalue weighted by Gasteiger charge is -2.13. The van der Waals surface area contributed by atoms with Crippen LogP contribution < -0.4 is 15.2 Å². The van der Waals surface area contributed by atoms with E-state index in [9.17, 15) is 35.2 Å². The lowest BCUT2D eigenvalue weighted by Crippen LogP contribution is -2.33. The SMILES string of the molecule is Cc1nc(-c2ccc3c(c2)OC(F)(F)O3)c(-c2cc(-c3cc(F)cc(S(C)(=O)=O)c3)ccc2-c2cc(C(F)(F)C(N)=O)nn2C)o1. The average Bonchev–Trinajstić information content (AvgIpc) is 3.64. The highest BCUT2D eigenvalue weighted by Gasteiger charge is 2.44. The number of alkyl halides is 4. The normalized spacial score (nSPS) is 14.1. The molecule has 46 heavy (non-hydrogen) atoms. The molecule has 1 amide bonds. The van der Waals surface area contributed by atoms with Crippen molar-refractivity contribution >= 4 is 15.7 Å². The van der Waals surface area contributed by atoms with Crippen molar-refractivity contribution in [2.24, 2.45) is 12.8 Å². The quantitative estimate of drug-likeness (QED) is 0.215. The van der Waals surface area contributed by atoms with Crippen LogP contribution in [-0.2, 0) is 27.6 Å². The summed E-state index contributed by atoms with van der Waals surface area (Å²) in [5.74, 6) is -7.19. The van der Waals surface area contributed by atoms with Gasteiger partial charge in [0.15, 0.2) is 33.0 Å². The average molecular weight is 661 g/mol. The Balaban J connectivity index is 1.59. The third kappa shape index (κ3) is 5.44. The number of amides is 1. The van der Waals surface area contributed by atoms with Gasteiger partial charge in [0.25, 0.3) is 5.91 Å². The molecule has 0 bridgehead atoms. The van der Waals surface area contributed by atoms with Gasteiger partial charge < -0.3 is 19.6 Å². The molecule has 10 nitrogen and oxygen atoms in total. The number of sulfone groups is 1. The fraction of sp³-hybridized carbons (Fsp3) is 0.167. The molecular formula is C30H21F5N4O6S. The Morgan fingerprint density at radius 2 is 1.63 bits per heavy atom. The van der Waals surface area contributed by atoms with Gasteiger partial charge in [-0.25, -0.2) is 17.8 Å². The van der Waals surface area contributed by atoms with Crippen molar-refractivity contribution in [1.82, 2.24) is 14.8 Å². The van der Waals surface area contributed by atoms with E-state index in [0.717, 1.165) is 29.1 Å². The molecule has 0 unspecified atom stereocenters. The summed E-state index contributed by atoms with van der Waals surface area (Å²) >= 11 is 0. The predicted octanol–water partition coefficient (Wildman–Crippen LogP) is 5.83. The molecule has 2 N–H and O–H groups in total. The lowest BCUT2D eigenvalue weighted by atomic mass is 9.94. The zero-order chi connectivity index (χ0) is 33.3. The smallest absolute Gasteiger partial charge is 0.440 e. The molecule has 0 radical (unpaired) electrons. The molecule has 16 heteroatoms. The van der Waals surface area contributed by atoms with Crippen LogP contribution in [0.2, 0.25) is 0 Å². The number of rotatable bonds is 7. The molecule has 0 saturated carbocycles. The maximum Gasteiger partial charge on any atom is 0.586 e. The summed E-state index contributed by atoms with van der Waals surface area (Å²) in [6, 6.07) is 12.6. The molecule has 238 valence electrons. The van der Waals surface area contributed by atoms with Gasteiger partial charge in [-0.15, -0.1) is 8.78 Å². The van der Waals surface area contributed by atoms with E-state index >= 15 is 0 Å². The molecule has 2 aromatic heterocycles. The maximum absolute atomic E-state index is 14.6. The van der Waals surface area contributed by atoms with Crippen LogP contribution in [0.1, 0.15) is 11.6 Å². The van der Waals surface area contributed by atoms with E-state index in [1.54, 1.807) is 0 Å². The standard InChI is InChI=1S/C30H21F5N4O6S/c1-14-37-26(16-5-7-23-24(11-16)45-30(34,35)44-23)27(43-14)21-10-15(17-8-18(31)12-19(9-17)46(3,41)42)4-6-20(21)22-13-25(38-39(22)2)29(32,33)28(36)40/h4-13H,1-3H3,(H2,36,40). The molecule has 0 aliphatic carbocycles. The minimum atomic E-state index is -4.11. The highest BCUT2D eigenvalue weighted by molar-refractivity contribution is 7.90. The molecular weight excluding hydrogens is 639 g/mol. The Labute approximate surface area is 257 Å². The van der Waals surface area contributed by atoms with Crippen molar-refractivity contribution in [3.63, 3.8) is 0 Å². The number of aryl methyl sites for hydroxylation is 2. The molecule has 1 aliphatic rings. The molecule has 0 fully saturated rings. The van der Waals surface area contributed by atoms with E-state index in [4.69, 9.17) is 10.2 Å². The van der Waals surface area contributed by atoms with E-state index in [0.29, 0.717) is 5.56 Å². The first-order valence-electron chi connectivity index (χ1n) is 13.2. The van der Waals surface area contributed by atoms with Gasteiger partial charge in [0.2, 0.25) is 0 Å². The minimum absolute atomic E-state index is 0.0316. The first kappa shape index (κ1) is 30.8. The zero-order valence-corrected chi connectivity index (χ0v) is 24.8. The first-order valence-corrected chi connectivity index (χ1v) is 15.1. The van der Waals surface area contributed by atoms with Crippen LogP contribution >= 0.6 is 0 Å². The second-order valence-corrected chi connectivity index (χ2v) is 12.4. The summed E-state index contributed by atoms with van der Waals surface area (Å²) in [5, 5.41) is 3.79. The van der Waals surface area contributed by atoms with Crippen molar-refractivity contribution in [3.8, 4) is 56.5 Å². The number of oxazole rings is 1. The van der Waals surface area contributed by atoms with Gasteiger partial charge in [-0.3, -0.25) is 9.48 Å². The van der Waals surface area contributed by atoms with Crippen LogP contribution in [0.25, 0.3) is 45.0 Å². The summed E-state index contributed by atoms with van der Waals surface area (Å²) in [6.07, 6.45) is -2.96. The summed E-state index contributed by atoms with van der Waals surface area (Å²) in [5.41, 5.74) is 5.26. The molecule has 1 aliphatic heterocycles. The maximum atomic E-state index is 14.6. The van der Waals surface area contributed by atoms with Crippen LogP contribution in [0.3, 0.4) is 0 Å². The van der Waals surface area contributed by atoms with Crippen molar-refractivity contribution in [2.45, 2.75) is 24.0 Å². The summed E-state index contributed by atoms with van der Waals surface area (Å²) in [6.45, 7) is 1.51. The number of aromatic nitrogens is 3. The Kier molecular flexibility index (Phi) is 6.96. The number of ether oxygens (including phenoxy) is 2. The number of nitrogens with two attached hydrogens (primary N) is 1. The van der Waals surface area contributed by atoms with Crippen molar-refractivity contribution in [2.75, 3.05) is 6.26 Å². The zero-order valence-electron chi connectivity index (χ0n) is 23.9. The molecule has 0 atom stereocenters. The Bertz CT molecular complexity index is 2180. The van der Waals surface area contributed by atoms with Gasteiger partial charge >= 0.3 is 12.2 Å². The number of fused-ring (bicyclic) bond motifs is 1. The van der Waals surface area contributed by atoms with Gasteiger partial charge in [0.1, 0.15) is 17.2 Å². The number of halogens is 5. The minimum Gasteiger partial charge on any atom is -0.440 e. The van der Waals surface area contributed by atoms with E-state index in [1.807, 2.05) is 0 Å². The Morgan fingerprint density at radius 1 is 0.935 bits per heavy atom. The van der Waals surface area contributed by atoms with Gasteiger partial charge in [0, 0.05) is 36.9 Å². The monoisotopic (exact) mass is 660 g/mol. The van der Waals surface area contributed by atoms with Crippen LogP contribution in [0.4, 0.5) is 22.0 Å². The number of carbonyl (C=O) groups excluding carboxylic acids is 1. The van der Waals surface area contributed by atoms with Crippen LogP contribution in [0.5, 0.6) is 11.5 Å². The van der Waals surface area contributed by atoms with Crippen LogP contribution in [0, 0.1) is 12.7 Å². The molecule has 0 spiro atoms. The van der Waals surface area contributed by atoms with Crippen molar-refractivity contribution in [3.05, 3.63) is 78.1 Å². The summed E-state index contributed by atoms with van der Waals surface area (Å²) in [7, 11) is -2.46. The Morgan fingerprint density at radius 3 is 2.33 bits per heavy atom. The lowest BCUT2D eigenvalue weighted by molar-refractivity contribution is -0.286. The third-order valence-electron chi connectivity index (χ3n) is 7.09. The second kappa shape index (κ2) is 10.4. The van der Waals surface area contributed by atoms with Crippen LogP contribution in [-0.4, -0.2) is 41.6 Å². The fourth-order valence-electron chi connectivity index (χ4n) is 4.98. The number of carbonyl (C=O) groups is 1. The highest BCUT2D eigenvalue weighted by atomic mass is 32.2. The number of nitrogens with zero attached hydrogens (tertiary/aromatic N) is 3. The first-order chi connectivity index (χ1) is 21.4. The van der Waals surface area contributed by atoms with E-state index in [1.165, 1.54) is 56.4 Å². The molecule has 3 heterocycles. The largest absolute Gasteiger partial charge is 0.586 e. The van der Waals surface area contributed by atoms with E-state index in [-0.39, 0.29) is 61.7 Å². The molecule has 0 saturated heterocycles. The van der Waals surface area contributed by atoms with Crippen molar-refractivity contribution < 1.29 is 49.1 Å². The van der Waals surface area contributed by atoms with Crippen LogP contribution in [0.15, 0.2) is 70.0 Å². The number of hydrogen-bond donors (Lipinski definition) is 1. The van der Waals surface area contributed by atoms with Crippen molar-refractivity contribution in [1.29, 1.82) is 0 Å². The van der Waals surface area contributed by atoms with Gasteiger partial charge in [-0.05, 0) is 59.7 Å².